The normalized spacial score (nSPS) is 13.7. The molecule has 1 atom stereocenters. The molecule has 1 heterocycles. The minimum atomic E-state index is -3.49. The molecule has 0 saturated carbocycles. The molecule has 0 aliphatic carbocycles. The van der Waals surface area contributed by atoms with Crippen LogP contribution in [0.5, 0.6) is 0 Å². The fourth-order valence-corrected chi connectivity index (χ4v) is 2.73. The van der Waals surface area contributed by atoms with Gasteiger partial charge in [0.2, 0.25) is 10.0 Å². The van der Waals surface area contributed by atoms with Crippen molar-refractivity contribution in [3.63, 3.8) is 0 Å². The van der Waals surface area contributed by atoms with Crippen molar-refractivity contribution in [3.8, 4) is 6.07 Å². The van der Waals surface area contributed by atoms with Crippen molar-refractivity contribution in [3.05, 3.63) is 22.4 Å². The van der Waals surface area contributed by atoms with Crippen LogP contribution in [0.15, 0.2) is 16.8 Å². The summed E-state index contributed by atoms with van der Waals surface area (Å²) in [6.45, 7) is 1.71. The van der Waals surface area contributed by atoms with Crippen molar-refractivity contribution in [2.24, 2.45) is 0 Å². The summed E-state index contributed by atoms with van der Waals surface area (Å²) in [7, 11) is -2.00. The van der Waals surface area contributed by atoms with E-state index in [1.807, 2.05) is 16.8 Å². The van der Waals surface area contributed by atoms with E-state index in [0.29, 0.717) is 6.54 Å². The van der Waals surface area contributed by atoms with E-state index in [1.54, 1.807) is 6.07 Å². The van der Waals surface area contributed by atoms with Crippen LogP contribution in [0.4, 0.5) is 0 Å². The maximum atomic E-state index is 11.7. The largest absolute Gasteiger partial charge is 0.230 e. The third-order valence-corrected chi connectivity index (χ3v) is 4.78. The first-order valence-electron chi connectivity index (χ1n) is 4.34. The maximum absolute atomic E-state index is 11.7. The van der Waals surface area contributed by atoms with Gasteiger partial charge in [-0.1, -0.05) is 0 Å². The second-order valence-corrected chi connectivity index (χ2v) is 6.34. The number of nitriles is 1. The Morgan fingerprint density at radius 2 is 2.33 bits per heavy atom. The zero-order valence-electron chi connectivity index (χ0n) is 8.54. The SMILES string of the molecule is CC(C#N)S(=O)(=O)N(C)Cc1ccsc1. The number of hydrogen-bond donors (Lipinski definition) is 0. The van der Waals surface area contributed by atoms with Gasteiger partial charge < -0.3 is 0 Å². The van der Waals surface area contributed by atoms with Crippen LogP contribution < -0.4 is 0 Å². The number of rotatable bonds is 4. The zero-order chi connectivity index (χ0) is 11.5. The van der Waals surface area contributed by atoms with Gasteiger partial charge in [-0.25, -0.2) is 8.42 Å². The molecular weight excluding hydrogens is 232 g/mol. The molecule has 1 rings (SSSR count). The summed E-state index contributed by atoms with van der Waals surface area (Å²) in [5, 5.41) is 11.4. The molecule has 1 unspecified atom stereocenters. The maximum Gasteiger partial charge on any atom is 0.230 e. The second-order valence-electron chi connectivity index (χ2n) is 3.20. The highest BCUT2D eigenvalue weighted by molar-refractivity contribution is 7.89. The van der Waals surface area contributed by atoms with Gasteiger partial charge in [0.25, 0.3) is 0 Å². The topological polar surface area (TPSA) is 61.2 Å². The summed E-state index contributed by atoms with van der Waals surface area (Å²) < 4.78 is 24.6. The highest BCUT2D eigenvalue weighted by Gasteiger charge is 2.25. The summed E-state index contributed by atoms with van der Waals surface area (Å²) in [5.74, 6) is 0. The number of nitrogens with zero attached hydrogens (tertiary/aromatic N) is 2. The van der Waals surface area contributed by atoms with Crippen LogP contribution in [0.3, 0.4) is 0 Å². The summed E-state index contributed by atoms with van der Waals surface area (Å²) in [6.07, 6.45) is 0. The fourth-order valence-electron chi connectivity index (χ4n) is 1.07. The van der Waals surface area contributed by atoms with E-state index in [0.717, 1.165) is 5.56 Å². The number of hydrogen-bond acceptors (Lipinski definition) is 4. The molecule has 0 aromatic carbocycles. The van der Waals surface area contributed by atoms with Crippen molar-refractivity contribution in [2.45, 2.75) is 18.7 Å². The molecule has 4 nitrogen and oxygen atoms in total. The smallest absolute Gasteiger partial charge is 0.211 e. The molecule has 0 aliphatic rings. The monoisotopic (exact) mass is 244 g/mol. The Labute approximate surface area is 93.8 Å². The molecule has 0 fully saturated rings. The Hall–Kier alpha value is -0.900. The third-order valence-electron chi connectivity index (χ3n) is 2.05. The van der Waals surface area contributed by atoms with Crippen LogP contribution in [0.2, 0.25) is 0 Å². The molecular formula is C9H12N2O2S2. The standard InChI is InChI=1S/C9H12N2O2S2/c1-8(5-10)15(12,13)11(2)6-9-3-4-14-7-9/h3-4,7-8H,6H2,1-2H3. The molecule has 0 spiro atoms. The summed E-state index contributed by atoms with van der Waals surface area (Å²) in [5.41, 5.74) is 0.941. The van der Waals surface area contributed by atoms with Gasteiger partial charge in [-0.15, -0.1) is 0 Å². The molecule has 0 bridgehead atoms. The predicted molar refractivity (Wildman–Crippen MR) is 59.8 cm³/mol. The lowest BCUT2D eigenvalue weighted by Gasteiger charge is -2.17. The molecule has 82 valence electrons. The van der Waals surface area contributed by atoms with E-state index in [4.69, 9.17) is 5.26 Å². The zero-order valence-corrected chi connectivity index (χ0v) is 10.2. The van der Waals surface area contributed by atoms with Gasteiger partial charge in [0, 0.05) is 13.6 Å². The van der Waals surface area contributed by atoms with Crippen LogP contribution in [0.25, 0.3) is 0 Å². The summed E-state index contributed by atoms with van der Waals surface area (Å²) in [4.78, 5) is 0. The molecule has 15 heavy (non-hydrogen) atoms. The highest BCUT2D eigenvalue weighted by Crippen LogP contribution is 2.13. The molecule has 6 heteroatoms. The molecule has 0 saturated heterocycles. The van der Waals surface area contributed by atoms with Crippen LogP contribution in [-0.2, 0) is 16.6 Å². The average molecular weight is 244 g/mol. The van der Waals surface area contributed by atoms with E-state index in [-0.39, 0.29) is 0 Å². The lowest BCUT2D eigenvalue weighted by molar-refractivity contribution is 0.463. The van der Waals surface area contributed by atoms with Crippen LogP contribution in [0, 0.1) is 11.3 Å². The van der Waals surface area contributed by atoms with Crippen molar-refractivity contribution >= 4 is 21.4 Å². The van der Waals surface area contributed by atoms with Crippen molar-refractivity contribution in [1.29, 1.82) is 5.26 Å². The van der Waals surface area contributed by atoms with Gasteiger partial charge in [-0.3, -0.25) is 0 Å². The first kappa shape index (κ1) is 12.2. The van der Waals surface area contributed by atoms with Crippen LogP contribution in [-0.4, -0.2) is 25.0 Å². The van der Waals surface area contributed by atoms with Crippen molar-refractivity contribution < 1.29 is 8.42 Å². The molecule has 0 amide bonds. The Morgan fingerprint density at radius 3 is 2.80 bits per heavy atom. The van der Waals surface area contributed by atoms with E-state index in [9.17, 15) is 8.42 Å². The van der Waals surface area contributed by atoms with Gasteiger partial charge in [-0.2, -0.15) is 20.9 Å². The van der Waals surface area contributed by atoms with E-state index < -0.39 is 15.3 Å². The van der Waals surface area contributed by atoms with Gasteiger partial charge in [0.15, 0.2) is 5.25 Å². The summed E-state index contributed by atoms with van der Waals surface area (Å²) >= 11 is 1.52. The van der Waals surface area contributed by atoms with Crippen LogP contribution in [0.1, 0.15) is 12.5 Å². The first-order valence-corrected chi connectivity index (χ1v) is 6.79. The molecule has 0 N–H and O–H groups in total. The van der Waals surface area contributed by atoms with E-state index >= 15 is 0 Å². The third kappa shape index (κ3) is 2.78. The molecule has 1 aromatic heterocycles. The van der Waals surface area contributed by atoms with Gasteiger partial charge in [0.05, 0.1) is 6.07 Å². The molecule has 0 aliphatic heterocycles. The Kier molecular flexibility index (Phi) is 3.85. The quantitative estimate of drug-likeness (QED) is 0.804. The Bertz CT molecular complexity index is 445. The Morgan fingerprint density at radius 1 is 1.67 bits per heavy atom. The fraction of sp³-hybridized carbons (Fsp3) is 0.444. The van der Waals surface area contributed by atoms with Crippen molar-refractivity contribution in [1.82, 2.24) is 4.31 Å². The van der Waals surface area contributed by atoms with Gasteiger partial charge >= 0.3 is 0 Å². The van der Waals surface area contributed by atoms with Gasteiger partial charge in [-0.05, 0) is 29.3 Å². The second kappa shape index (κ2) is 4.75. The lowest BCUT2D eigenvalue weighted by atomic mass is 10.3. The molecule has 1 aromatic rings. The first-order chi connectivity index (χ1) is 6.98. The Balaban J connectivity index is 2.78. The lowest BCUT2D eigenvalue weighted by Crippen LogP contribution is -2.33. The minimum absolute atomic E-state index is 0.317. The van der Waals surface area contributed by atoms with Gasteiger partial charge in [0.1, 0.15) is 0 Å². The summed E-state index contributed by atoms with van der Waals surface area (Å²) in [6, 6.07) is 3.61. The van der Waals surface area contributed by atoms with Crippen molar-refractivity contribution in [2.75, 3.05) is 7.05 Å². The molecule has 0 radical (unpaired) electrons. The predicted octanol–water partition coefficient (Wildman–Crippen LogP) is 1.42. The average Bonchev–Trinajstić information content (AvgIpc) is 2.68. The number of sulfonamides is 1. The minimum Gasteiger partial charge on any atom is -0.211 e. The van der Waals surface area contributed by atoms with E-state index in [1.165, 1.54) is 29.6 Å². The van der Waals surface area contributed by atoms with Crippen LogP contribution >= 0.6 is 11.3 Å². The number of thiophene rings is 1. The van der Waals surface area contributed by atoms with E-state index in [2.05, 4.69) is 0 Å². The highest BCUT2D eigenvalue weighted by atomic mass is 32.2.